The molecule has 0 saturated carbocycles. The minimum absolute atomic E-state index is 0.197. The Kier molecular flexibility index (Phi) is 4.68. The summed E-state index contributed by atoms with van der Waals surface area (Å²) in [6, 6.07) is 4.38. The fraction of sp³-hybridized carbons (Fsp3) is 0.267. The van der Waals surface area contributed by atoms with Gasteiger partial charge in [-0.05, 0) is 38.5 Å². The fourth-order valence-corrected chi connectivity index (χ4v) is 2.45. The number of aromatic nitrogens is 1. The average molecular weight is 357 g/mol. The van der Waals surface area contributed by atoms with Gasteiger partial charge >= 0.3 is 5.97 Å². The van der Waals surface area contributed by atoms with Gasteiger partial charge in [-0.2, -0.15) is 0 Å². The maximum absolute atomic E-state index is 12.5. The van der Waals surface area contributed by atoms with Gasteiger partial charge in [0.1, 0.15) is 11.3 Å². The number of aliphatic carboxylic acids is 1. The van der Waals surface area contributed by atoms with Gasteiger partial charge < -0.3 is 14.9 Å². The molecule has 1 atom stereocenters. The first kappa shape index (κ1) is 17.3. The number of carboxylic acids is 1. The monoisotopic (exact) mass is 356 g/mol. The number of hydrogen-bond donors (Lipinski definition) is 2. The number of carboxylic acid groups (broad SMARTS) is 1. The van der Waals surface area contributed by atoms with Crippen LogP contribution in [0.4, 0.5) is 0 Å². The standard InChI is InChI=1S/C15H14Cl2N2O4/c1-7-12(8(2)23-19-7)13(20)18-15(3,14(21)22)9-4-5-10(16)11(17)6-9/h4-6H,1-3H3,(H,18,20)(H,21,22). The SMILES string of the molecule is Cc1noc(C)c1C(=O)NC(C)(C(=O)O)c1ccc(Cl)c(Cl)c1. The van der Waals surface area contributed by atoms with Crippen LogP contribution in [0.15, 0.2) is 22.7 Å². The van der Waals surface area contributed by atoms with E-state index in [2.05, 4.69) is 10.5 Å². The summed E-state index contributed by atoms with van der Waals surface area (Å²) in [5, 5.41) is 16.3. The molecule has 0 spiro atoms. The van der Waals surface area contributed by atoms with Crippen LogP contribution in [0.2, 0.25) is 10.0 Å². The summed E-state index contributed by atoms with van der Waals surface area (Å²) < 4.78 is 4.94. The summed E-state index contributed by atoms with van der Waals surface area (Å²) in [6.45, 7) is 4.54. The van der Waals surface area contributed by atoms with E-state index in [0.29, 0.717) is 22.0 Å². The van der Waals surface area contributed by atoms with Gasteiger partial charge in [0.15, 0.2) is 5.54 Å². The lowest BCUT2D eigenvalue weighted by Crippen LogP contribution is -2.49. The van der Waals surface area contributed by atoms with Crippen molar-refractivity contribution in [3.8, 4) is 0 Å². The zero-order chi connectivity index (χ0) is 17.4. The Bertz CT molecular complexity index is 768. The highest BCUT2D eigenvalue weighted by Gasteiger charge is 2.38. The summed E-state index contributed by atoms with van der Waals surface area (Å²) in [4.78, 5) is 24.2. The summed E-state index contributed by atoms with van der Waals surface area (Å²) in [5.74, 6) is -1.53. The van der Waals surface area contributed by atoms with Crippen LogP contribution in [0.25, 0.3) is 0 Å². The molecule has 2 rings (SSSR count). The van der Waals surface area contributed by atoms with Gasteiger partial charge in [0.2, 0.25) is 0 Å². The van der Waals surface area contributed by atoms with Crippen LogP contribution in [-0.4, -0.2) is 22.1 Å². The normalized spacial score (nSPS) is 13.4. The second kappa shape index (κ2) is 6.22. The highest BCUT2D eigenvalue weighted by atomic mass is 35.5. The molecule has 0 saturated heterocycles. The zero-order valence-corrected chi connectivity index (χ0v) is 14.1. The van der Waals surface area contributed by atoms with Crippen LogP contribution in [0.1, 0.15) is 34.3 Å². The fourth-order valence-electron chi connectivity index (χ4n) is 2.15. The van der Waals surface area contributed by atoms with Crippen LogP contribution >= 0.6 is 23.2 Å². The second-order valence-corrected chi connectivity index (χ2v) is 6.03. The van der Waals surface area contributed by atoms with Crippen LogP contribution in [0.3, 0.4) is 0 Å². The number of aryl methyl sites for hydroxylation is 2. The molecule has 0 fully saturated rings. The number of carbonyl (C=O) groups excluding carboxylic acids is 1. The molecule has 1 heterocycles. The van der Waals surface area contributed by atoms with Crippen molar-refractivity contribution in [1.82, 2.24) is 10.5 Å². The van der Waals surface area contributed by atoms with E-state index in [9.17, 15) is 14.7 Å². The summed E-state index contributed by atoms with van der Waals surface area (Å²) in [7, 11) is 0. The Hall–Kier alpha value is -2.05. The van der Waals surface area contributed by atoms with Crippen molar-refractivity contribution in [2.45, 2.75) is 26.3 Å². The number of nitrogens with one attached hydrogen (secondary N) is 1. The Morgan fingerprint density at radius 2 is 1.91 bits per heavy atom. The Morgan fingerprint density at radius 3 is 2.39 bits per heavy atom. The third-order valence-corrected chi connectivity index (χ3v) is 4.29. The van der Waals surface area contributed by atoms with E-state index in [1.165, 1.54) is 25.1 Å². The molecule has 23 heavy (non-hydrogen) atoms. The van der Waals surface area contributed by atoms with Gasteiger partial charge in [-0.25, -0.2) is 4.79 Å². The largest absolute Gasteiger partial charge is 0.479 e. The second-order valence-electron chi connectivity index (χ2n) is 5.21. The lowest BCUT2D eigenvalue weighted by molar-refractivity contribution is -0.144. The molecule has 1 aromatic heterocycles. The highest BCUT2D eigenvalue weighted by Crippen LogP contribution is 2.29. The van der Waals surface area contributed by atoms with E-state index in [-0.39, 0.29) is 10.6 Å². The molecule has 0 radical (unpaired) electrons. The van der Waals surface area contributed by atoms with Crippen molar-refractivity contribution in [2.24, 2.45) is 0 Å². The van der Waals surface area contributed by atoms with Crippen molar-refractivity contribution in [1.29, 1.82) is 0 Å². The van der Waals surface area contributed by atoms with E-state index >= 15 is 0 Å². The first-order chi connectivity index (χ1) is 10.7. The number of hydrogen-bond acceptors (Lipinski definition) is 4. The number of nitrogens with zero attached hydrogens (tertiary/aromatic N) is 1. The van der Waals surface area contributed by atoms with E-state index in [0.717, 1.165) is 0 Å². The van der Waals surface area contributed by atoms with E-state index in [1.54, 1.807) is 13.8 Å². The molecule has 2 N–H and O–H groups in total. The van der Waals surface area contributed by atoms with Crippen molar-refractivity contribution in [2.75, 3.05) is 0 Å². The highest BCUT2D eigenvalue weighted by molar-refractivity contribution is 6.42. The maximum atomic E-state index is 12.5. The summed E-state index contributed by atoms with van der Waals surface area (Å²) >= 11 is 11.8. The topological polar surface area (TPSA) is 92.4 Å². The average Bonchev–Trinajstić information content (AvgIpc) is 2.80. The molecule has 0 aliphatic carbocycles. The van der Waals surface area contributed by atoms with Crippen molar-refractivity contribution in [3.63, 3.8) is 0 Å². The van der Waals surface area contributed by atoms with Gasteiger partial charge in [0.05, 0.1) is 15.7 Å². The van der Waals surface area contributed by atoms with Gasteiger partial charge in [-0.1, -0.05) is 34.4 Å². The lowest BCUT2D eigenvalue weighted by Gasteiger charge is -2.27. The summed E-state index contributed by atoms with van der Waals surface area (Å²) in [6.07, 6.45) is 0. The van der Waals surface area contributed by atoms with E-state index < -0.39 is 17.4 Å². The molecule has 1 unspecified atom stereocenters. The molecular weight excluding hydrogens is 343 g/mol. The number of halogens is 2. The van der Waals surface area contributed by atoms with Crippen LogP contribution < -0.4 is 5.32 Å². The molecule has 122 valence electrons. The maximum Gasteiger partial charge on any atom is 0.333 e. The molecule has 0 aliphatic rings. The molecule has 0 aliphatic heterocycles. The van der Waals surface area contributed by atoms with Crippen LogP contribution in [0.5, 0.6) is 0 Å². The Balaban J connectivity index is 2.44. The van der Waals surface area contributed by atoms with Gasteiger partial charge in [0, 0.05) is 0 Å². The minimum Gasteiger partial charge on any atom is -0.479 e. The zero-order valence-electron chi connectivity index (χ0n) is 12.6. The van der Waals surface area contributed by atoms with Gasteiger partial charge in [0.25, 0.3) is 5.91 Å². The Labute approximate surface area is 142 Å². The number of benzene rings is 1. The van der Waals surface area contributed by atoms with E-state index in [4.69, 9.17) is 27.7 Å². The molecular formula is C15H14Cl2N2O4. The van der Waals surface area contributed by atoms with Crippen molar-refractivity contribution < 1.29 is 19.2 Å². The minimum atomic E-state index is -1.69. The smallest absolute Gasteiger partial charge is 0.333 e. The van der Waals surface area contributed by atoms with Crippen LogP contribution in [-0.2, 0) is 10.3 Å². The molecule has 8 heteroatoms. The third kappa shape index (κ3) is 3.18. The van der Waals surface area contributed by atoms with E-state index in [1.807, 2.05) is 0 Å². The molecule has 0 bridgehead atoms. The third-order valence-electron chi connectivity index (χ3n) is 3.55. The van der Waals surface area contributed by atoms with Crippen molar-refractivity contribution in [3.05, 3.63) is 50.8 Å². The van der Waals surface area contributed by atoms with Gasteiger partial charge in [-0.3, -0.25) is 4.79 Å². The first-order valence-electron chi connectivity index (χ1n) is 6.61. The Morgan fingerprint density at radius 1 is 1.26 bits per heavy atom. The van der Waals surface area contributed by atoms with Crippen molar-refractivity contribution >= 4 is 35.1 Å². The first-order valence-corrected chi connectivity index (χ1v) is 7.36. The molecule has 6 nitrogen and oxygen atoms in total. The number of carbonyl (C=O) groups is 2. The number of rotatable bonds is 4. The van der Waals surface area contributed by atoms with Gasteiger partial charge in [-0.15, -0.1) is 0 Å². The molecule has 2 aromatic rings. The quantitative estimate of drug-likeness (QED) is 0.876. The lowest BCUT2D eigenvalue weighted by atomic mass is 9.91. The molecule has 1 amide bonds. The predicted octanol–water partition coefficient (Wildman–Crippen LogP) is 3.33. The number of amides is 1. The summed E-state index contributed by atoms with van der Waals surface area (Å²) in [5.41, 5.74) is -0.819. The predicted molar refractivity (Wildman–Crippen MR) is 84.9 cm³/mol. The van der Waals surface area contributed by atoms with Crippen LogP contribution in [0, 0.1) is 13.8 Å². The molecule has 1 aromatic carbocycles.